The fraction of sp³-hybridized carbons (Fsp3) is 0.556. The highest BCUT2D eigenvalue weighted by Crippen LogP contribution is 2.43. The van der Waals surface area contributed by atoms with E-state index >= 15 is 0 Å². The van der Waals surface area contributed by atoms with Crippen LogP contribution in [0, 0.1) is 0 Å². The SMILES string of the molecule is c1ccc2c(c1)CC[C@H]2N(Cc1nc(C2CC2)no1)C1CC1. The number of nitrogens with zero attached hydrogens (tertiary/aromatic N) is 3. The highest BCUT2D eigenvalue weighted by atomic mass is 16.5. The molecule has 0 saturated heterocycles. The first-order valence-electron chi connectivity index (χ1n) is 8.54. The van der Waals surface area contributed by atoms with E-state index in [2.05, 4.69) is 39.3 Å². The maximum absolute atomic E-state index is 5.52. The maximum Gasteiger partial charge on any atom is 0.240 e. The number of fused-ring (bicyclic) bond motifs is 1. The van der Waals surface area contributed by atoms with Crippen LogP contribution in [0.2, 0.25) is 0 Å². The number of hydrogen-bond donors (Lipinski definition) is 0. The Morgan fingerprint density at radius 3 is 2.77 bits per heavy atom. The molecule has 1 heterocycles. The van der Waals surface area contributed by atoms with E-state index < -0.39 is 0 Å². The van der Waals surface area contributed by atoms with Gasteiger partial charge in [0.05, 0.1) is 6.54 Å². The molecule has 1 aromatic carbocycles. The Labute approximate surface area is 130 Å². The molecular formula is C18H21N3O. The third-order valence-corrected chi connectivity index (χ3v) is 5.26. The molecule has 3 aliphatic rings. The van der Waals surface area contributed by atoms with E-state index in [1.54, 1.807) is 0 Å². The molecule has 0 bridgehead atoms. The van der Waals surface area contributed by atoms with Crippen LogP contribution in [-0.4, -0.2) is 21.1 Å². The van der Waals surface area contributed by atoms with E-state index in [0.717, 1.165) is 18.3 Å². The average Bonchev–Trinajstić information content (AvgIpc) is 3.47. The van der Waals surface area contributed by atoms with E-state index in [1.165, 1.54) is 49.7 Å². The Balaban J connectivity index is 1.40. The normalized spacial score (nSPS) is 24.0. The smallest absolute Gasteiger partial charge is 0.240 e. The van der Waals surface area contributed by atoms with Crippen LogP contribution < -0.4 is 0 Å². The zero-order valence-electron chi connectivity index (χ0n) is 12.7. The summed E-state index contributed by atoms with van der Waals surface area (Å²) in [5.74, 6) is 2.30. The average molecular weight is 295 g/mol. The summed E-state index contributed by atoms with van der Waals surface area (Å²) >= 11 is 0. The Hall–Kier alpha value is -1.68. The molecule has 22 heavy (non-hydrogen) atoms. The lowest BCUT2D eigenvalue weighted by atomic mass is 10.1. The molecule has 2 saturated carbocycles. The molecule has 0 spiro atoms. The molecule has 5 rings (SSSR count). The molecule has 114 valence electrons. The fourth-order valence-corrected chi connectivity index (χ4v) is 3.77. The van der Waals surface area contributed by atoms with Gasteiger partial charge in [0, 0.05) is 18.0 Å². The topological polar surface area (TPSA) is 42.2 Å². The molecule has 1 atom stereocenters. The van der Waals surface area contributed by atoms with Gasteiger partial charge in [-0.05, 0) is 49.7 Å². The second kappa shape index (κ2) is 4.92. The first-order valence-corrected chi connectivity index (χ1v) is 8.54. The number of benzene rings is 1. The first-order chi connectivity index (χ1) is 10.9. The Morgan fingerprint density at radius 2 is 1.95 bits per heavy atom. The van der Waals surface area contributed by atoms with E-state index in [9.17, 15) is 0 Å². The summed E-state index contributed by atoms with van der Waals surface area (Å²) in [6, 6.07) is 10.1. The minimum atomic E-state index is 0.528. The van der Waals surface area contributed by atoms with Crippen molar-refractivity contribution in [2.24, 2.45) is 0 Å². The van der Waals surface area contributed by atoms with Crippen LogP contribution in [0.1, 0.15) is 66.9 Å². The van der Waals surface area contributed by atoms with Gasteiger partial charge in [0.2, 0.25) is 5.89 Å². The lowest BCUT2D eigenvalue weighted by Crippen LogP contribution is -2.29. The summed E-state index contributed by atoms with van der Waals surface area (Å²) in [7, 11) is 0. The lowest BCUT2D eigenvalue weighted by molar-refractivity contribution is 0.154. The molecule has 1 aromatic heterocycles. The molecular weight excluding hydrogens is 274 g/mol. The maximum atomic E-state index is 5.52. The molecule has 4 heteroatoms. The van der Waals surface area contributed by atoms with Gasteiger partial charge in [-0.2, -0.15) is 4.98 Å². The minimum absolute atomic E-state index is 0.528. The molecule has 4 nitrogen and oxygen atoms in total. The minimum Gasteiger partial charge on any atom is -0.338 e. The van der Waals surface area contributed by atoms with Crippen molar-refractivity contribution in [2.45, 2.75) is 63.1 Å². The molecule has 0 radical (unpaired) electrons. The van der Waals surface area contributed by atoms with Crippen molar-refractivity contribution in [2.75, 3.05) is 0 Å². The van der Waals surface area contributed by atoms with Crippen LogP contribution in [0.4, 0.5) is 0 Å². The third kappa shape index (κ3) is 2.26. The quantitative estimate of drug-likeness (QED) is 0.845. The van der Waals surface area contributed by atoms with Crippen LogP contribution in [0.3, 0.4) is 0 Å². The second-order valence-electron chi connectivity index (χ2n) is 6.98. The lowest BCUT2D eigenvalue weighted by Gasteiger charge is -2.28. The van der Waals surface area contributed by atoms with Crippen LogP contribution in [0.25, 0.3) is 0 Å². The Morgan fingerprint density at radius 1 is 1.09 bits per heavy atom. The second-order valence-corrected chi connectivity index (χ2v) is 6.98. The van der Waals surface area contributed by atoms with Gasteiger partial charge in [-0.15, -0.1) is 0 Å². The molecule has 0 aliphatic heterocycles. The van der Waals surface area contributed by atoms with E-state index in [4.69, 9.17) is 4.52 Å². The summed E-state index contributed by atoms with van der Waals surface area (Å²) in [4.78, 5) is 7.24. The summed E-state index contributed by atoms with van der Waals surface area (Å²) in [5.41, 5.74) is 3.03. The number of aromatic nitrogens is 2. The van der Waals surface area contributed by atoms with Gasteiger partial charge in [-0.1, -0.05) is 29.4 Å². The standard InChI is InChI=1S/C18H21N3O/c1-2-4-15-12(3-1)7-10-16(15)21(14-8-9-14)11-17-19-18(20-22-17)13-5-6-13/h1-4,13-14,16H,5-11H2/t16-/m1/s1. The third-order valence-electron chi connectivity index (χ3n) is 5.26. The van der Waals surface area contributed by atoms with Gasteiger partial charge in [-0.3, -0.25) is 4.90 Å². The van der Waals surface area contributed by atoms with Crippen LogP contribution in [0.5, 0.6) is 0 Å². The van der Waals surface area contributed by atoms with Gasteiger partial charge in [-0.25, -0.2) is 0 Å². The molecule has 2 aromatic rings. The number of hydrogen-bond acceptors (Lipinski definition) is 4. The van der Waals surface area contributed by atoms with Crippen LogP contribution in [0.15, 0.2) is 28.8 Å². The Kier molecular flexibility index (Phi) is 2.87. The van der Waals surface area contributed by atoms with Crippen molar-refractivity contribution >= 4 is 0 Å². The van der Waals surface area contributed by atoms with Crippen molar-refractivity contribution < 1.29 is 4.52 Å². The Bertz CT molecular complexity index is 687. The van der Waals surface area contributed by atoms with Crippen molar-refractivity contribution in [3.05, 3.63) is 47.1 Å². The first kappa shape index (κ1) is 12.8. The van der Waals surface area contributed by atoms with Crippen molar-refractivity contribution in [3.63, 3.8) is 0 Å². The van der Waals surface area contributed by atoms with E-state index in [-0.39, 0.29) is 0 Å². The van der Waals surface area contributed by atoms with Crippen molar-refractivity contribution in [3.8, 4) is 0 Å². The summed E-state index contributed by atoms with van der Waals surface area (Å²) in [6.45, 7) is 0.809. The van der Waals surface area contributed by atoms with Gasteiger partial charge in [0.25, 0.3) is 0 Å². The molecule has 2 fully saturated rings. The van der Waals surface area contributed by atoms with Crippen molar-refractivity contribution in [1.82, 2.24) is 15.0 Å². The van der Waals surface area contributed by atoms with Gasteiger partial charge in [0.1, 0.15) is 0 Å². The summed E-state index contributed by atoms with van der Waals surface area (Å²) in [5, 5.41) is 4.17. The zero-order chi connectivity index (χ0) is 14.5. The molecule has 0 N–H and O–H groups in total. The molecule has 0 unspecified atom stereocenters. The number of aryl methyl sites for hydroxylation is 1. The van der Waals surface area contributed by atoms with Gasteiger partial charge < -0.3 is 4.52 Å². The largest absolute Gasteiger partial charge is 0.338 e. The monoisotopic (exact) mass is 295 g/mol. The van der Waals surface area contributed by atoms with Crippen LogP contribution in [-0.2, 0) is 13.0 Å². The van der Waals surface area contributed by atoms with Gasteiger partial charge in [0.15, 0.2) is 5.82 Å². The molecule has 3 aliphatic carbocycles. The molecule has 0 amide bonds. The van der Waals surface area contributed by atoms with Gasteiger partial charge >= 0.3 is 0 Å². The fourth-order valence-electron chi connectivity index (χ4n) is 3.77. The van der Waals surface area contributed by atoms with E-state index in [1.807, 2.05) is 0 Å². The van der Waals surface area contributed by atoms with E-state index in [0.29, 0.717) is 18.0 Å². The highest BCUT2D eigenvalue weighted by Gasteiger charge is 2.38. The summed E-state index contributed by atoms with van der Waals surface area (Å²) < 4.78 is 5.52. The highest BCUT2D eigenvalue weighted by molar-refractivity contribution is 5.34. The predicted molar refractivity (Wildman–Crippen MR) is 82.3 cm³/mol. The zero-order valence-corrected chi connectivity index (χ0v) is 12.7. The van der Waals surface area contributed by atoms with Crippen molar-refractivity contribution in [1.29, 1.82) is 0 Å². The summed E-state index contributed by atoms with van der Waals surface area (Å²) in [6.07, 6.45) is 7.48. The predicted octanol–water partition coefficient (Wildman–Crippen LogP) is 3.60. The van der Waals surface area contributed by atoms with Crippen LogP contribution >= 0.6 is 0 Å². The number of rotatable bonds is 5.